The minimum atomic E-state index is -0.350. The molecule has 1 heterocycles. The summed E-state index contributed by atoms with van der Waals surface area (Å²) in [6, 6.07) is 0. The second-order valence-electron chi connectivity index (χ2n) is 5.67. The van der Waals surface area contributed by atoms with Crippen LogP contribution in [0.2, 0.25) is 0 Å². The quantitative estimate of drug-likeness (QED) is 0.704. The normalized spacial score (nSPS) is 32.0. The summed E-state index contributed by atoms with van der Waals surface area (Å²) in [6.07, 6.45) is 4.47. The third-order valence-electron chi connectivity index (χ3n) is 4.78. The highest BCUT2D eigenvalue weighted by Gasteiger charge is 2.53. The zero-order chi connectivity index (χ0) is 14.0. The van der Waals surface area contributed by atoms with E-state index in [0.29, 0.717) is 6.54 Å². The summed E-state index contributed by atoms with van der Waals surface area (Å²) in [4.78, 5) is 23.4. The fraction of sp³-hybridized carbons (Fsp3) is 0.857. The summed E-state index contributed by atoms with van der Waals surface area (Å²) in [5.41, 5.74) is 5.30. The molecule has 1 aliphatic carbocycles. The number of amides is 2. The molecule has 0 bridgehead atoms. The molecule has 2 rings (SSSR count). The van der Waals surface area contributed by atoms with Gasteiger partial charge in [-0.15, -0.1) is 0 Å². The second kappa shape index (κ2) is 5.49. The largest absolute Gasteiger partial charge is 0.369 e. The maximum absolute atomic E-state index is 12.1. The third-order valence-corrected chi connectivity index (χ3v) is 4.78. The Labute approximate surface area is 114 Å². The molecule has 3 N–H and O–H groups in total. The average molecular weight is 268 g/mol. The van der Waals surface area contributed by atoms with E-state index in [-0.39, 0.29) is 35.4 Å². The number of ether oxygens (including phenoxy) is 1. The first-order valence-corrected chi connectivity index (χ1v) is 7.29. The van der Waals surface area contributed by atoms with E-state index in [2.05, 4.69) is 19.2 Å². The van der Waals surface area contributed by atoms with Crippen LogP contribution in [0.25, 0.3) is 0 Å². The fourth-order valence-electron chi connectivity index (χ4n) is 3.29. The van der Waals surface area contributed by atoms with Gasteiger partial charge in [-0.1, -0.05) is 20.3 Å². The molecule has 0 aromatic heterocycles. The first-order chi connectivity index (χ1) is 9.04. The van der Waals surface area contributed by atoms with Gasteiger partial charge in [-0.05, 0) is 25.7 Å². The Morgan fingerprint density at radius 2 is 1.89 bits per heavy atom. The van der Waals surface area contributed by atoms with Crippen LogP contribution in [0.5, 0.6) is 0 Å². The summed E-state index contributed by atoms with van der Waals surface area (Å²) < 4.78 is 5.68. The molecule has 19 heavy (non-hydrogen) atoms. The molecule has 3 atom stereocenters. The Bertz CT molecular complexity index is 366. The van der Waals surface area contributed by atoms with Gasteiger partial charge in [0, 0.05) is 18.4 Å². The van der Waals surface area contributed by atoms with E-state index in [9.17, 15) is 9.59 Å². The predicted molar refractivity (Wildman–Crippen MR) is 71.2 cm³/mol. The monoisotopic (exact) mass is 268 g/mol. The lowest BCUT2D eigenvalue weighted by Gasteiger charge is -2.16. The van der Waals surface area contributed by atoms with Crippen LogP contribution in [0.15, 0.2) is 0 Å². The number of epoxide rings is 1. The topological polar surface area (TPSA) is 84.7 Å². The summed E-state index contributed by atoms with van der Waals surface area (Å²) >= 11 is 0. The summed E-state index contributed by atoms with van der Waals surface area (Å²) in [6.45, 7) is 4.75. The minimum absolute atomic E-state index is 0.0357. The van der Waals surface area contributed by atoms with Crippen LogP contribution < -0.4 is 11.1 Å². The molecule has 1 saturated carbocycles. The fourth-order valence-corrected chi connectivity index (χ4v) is 3.29. The smallest absolute Gasteiger partial charge is 0.224 e. The lowest BCUT2D eigenvalue weighted by Crippen LogP contribution is -2.39. The van der Waals surface area contributed by atoms with Gasteiger partial charge in [0.1, 0.15) is 6.10 Å². The molecule has 2 amide bonds. The van der Waals surface area contributed by atoms with Crippen LogP contribution in [-0.2, 0) is 14.3 Å². The van der Waals surface area contributed by atoms with Crippen molar-refractivity contribution in [2.45, 2.75) is 57.7 Å². The van der Waals surface area contributed by atoms with E-state index in [1.165, 1.54) is 0 Å². The maximum atomic E-state index is 12.1. The molecule has 0 aromatic carbocycles. The molecular formula is C14H24N2O3. The van der Waals surface area contributed by atoms with Crippen molar-refractivity contribution in [1.29, 1.82) is 0 Å². The molecule has 3 unspecified atom stereocenters. The predicted octanol–water partition coefficient (Wildman–Crippen LogP) is 0.962. The SMILES string of the molecule is CCC1(CC)OC1CNC(=O)C1CCCC1C(N)=O. The van der Waals surface area contributed by atoms with Crippen LogP contribution in [-0.4, -0.2) is 30.1 Å². The maximum Gasteiger partial charge on any atom is 0.224 e. The van der Waals surface area contributed by atoms with E-state index in [0.717, 1.165) is 32.1 Å². The molecule has 108 valence electrons. The van der Waals surface area contributed by atoms with E-state index in [1.54, 1.807) is 0 Å². The number of nitrogens with two attached hydrogens (primary N) is 1. The first kappa shape index (κ1) is 14.3. The molecule has 0 radical (unpaired) electrons. The molecule has 1 saturated heterocycles. The van der Waals surface area contributed by atoms with E-state index in [4.69, 9.17) is 10.5 Å². The van der Waals surface area contributed by atoms with E-state index < -0.39 is 0 Å². The Morgan fingerprint density at radius 3 is 2.42 bits per heavy atom. The Morgan fingerprint density at radius 1 is 1.26 bits per heavy atom. The highest BCUT2D eigenvalue weighted by Crippen LogP contribution is 2.42. The zero-order valence-electron chi connectivity index (χ0n) is 11.8. The van der Waals surface area contributed by atoms with Gasteiger partial charge in [-0.3, -0.25) is 9.59 Å². The van der Waals surface area contributed by atoms with Crippen LogP contribution in [0.4, 0.5) is 0 Å². The van der Waals surface area contributed by atoms with Crippen LogP contribution in [0.1, 0.15) is 46.0 Å². The third kappa shape index (κ3) is 2.76. The van der Waals surface area contributed by atoms with Gasteiger partial charge in [0.15, 0.2) is 0 Å². The first-order valence-electron chi connectivity index (χ1n) is 7.29. The second-order valence-corrected chi connectivity index (χ2v) is 5.67. The number of primary amides is 1. The molecule has 5 nitrogen and oxygen atoms in total. The zero-order valence-corrected chi connectivity index (χ0v) is 11.8. The number of rotatable bonds is 6. The van der Waals surface area contributed by atoms with Crippen molar-refractivity contribution in [3.63, 3.8) is 0 Å². The number of nitrogens with one attached hydrogen (secondary N) is 1. The van der Waals surface area contributed by atoms with Gasteiger partial charge in [0.2, 0.25) is 11.8 Å². The molecule has 1 aliphatic heterocycles. The molecular weight excluding hydrogens is 244 g/mol. The lowest BCUT2D eigenvalue weighted by molar-refractivity contribution is -0.132. The van der Waals surface area contributed by atoms with Crippen molar-refractivity contribution < 1.29 is 14.3 Å². The number of carbonyl (C=O) groups excluding carboxylic acids is 2. The average Bonchev–Trinajstić information content (AvgIpc) is 2.87. The summed E-state index contributed by atoms with van der Waals surface area (Å²) in [5.74, 6) is -0.925. The van der Waals surface area contributed by atoms with Crippen LogP contribution in [0.3, 0.4) is 0 Å². The van der Waals surface area contributed by atoms with E-state index in [1.807, 2.05) is 0 Å². The van der Waals surface area contributed by atoms with Gasteiger partial charge in [-0.2, -0.15) is 0 Å². The Hall–Kier alpha value is -1.10. The van der Waals surface area contributed by atoms with E-state index >= 15 is 0 Å². The summed E-state index contributed by atoms with van der Waals surface area (Å²) in [5, 5.41) is 2.92. The minimum Gasteiger partial charge on any atom is -0.369 e. The molecule has 2 aliphatic rings. The van der Waals surface area contributed by atoms with Crippen molar-refractivity contribution in [2.75, 3.05) is 6.54 Å². The Kier molecular flexibility index (Phi) is 4.13. The van der Waals surface area contributed by atoms with Crippen LogP contribution >= 0.6 is 0 Å². The number of carbonyl (C=O) groups is 2. The molecule has 2 fully saturated rings. The Balaban J connectivity index is 1.81. The van der Waals surface area contributed by atoms with Crippen molar-refractivity contribution in [3.05, 3.63) is 0 Å². The van der Waals surface area contributed by atoms with Crippen molar-refractivity contribution in [2.24, 2.45) is 17.6 Å². The van der Waals surface area contributed by atoms with Gasteiger partial charge >= 0.3 is 0 Å². The van der Waals surface area contributed by atoms with Gasteiger partial charge < -0.3 is 15.8 Å². The van der Waals surface area contributed by atoms with Gasteiger partial charge in [-0.25, -0.2) is 0 Å². The lowest BCUT2D eigenvalue weighted by atomic mass is 9.94. The van der Waals surface area contributed by atoms with Crippen LogP contribution in [0, 0.1) is 11.8 Å². The van der Waals surface area contributed by atoms with Gasteiger partial charge in [0.05, 0.1) is 5.60 Å². The number of hydrogen-bond donors (Lipinski definition) is 2. The molecule has 0 spiro atoms. The highest BCUT2D eigenvalue weighted by atomic mass is 16.6. The van der Waals surface area contributed by atoms with Gasteiger partial charge in [0.25, 0.3) is 0 Å². The van der Waals surface area contributed by atoms with Crippen molar-refractivity contribution in [3.8, 4) is 0 Å². The van der Waals surface area contributed by atoms with Crippen molar-refractivity contribution >= 4 is 11.8 Å². The molecule has 5 heteroatoms. The van der Waals surface area contributed by atoms with Crippen molar-refractivity contribution in [1.82, 2.24) is 5.32 Å². The number of hydrogen-bond acceptors (Lipinski definition) is 3. The summed E-state index contributed by atoms with van der Waals surface area (Å²) in [7, 11) is 0. The standard InChI is InChI=1S/C14H24N2O3/c1-3-14(4-2)11(19-14)8-16-13(18)10-7-5-6-9(10)12(15)17/h9-11H,3-8H2,1-2H3,(H2,15,17)(H,16,18). The highest BCUT2D eigenvalue weighted by molar-refractivity contribution is 5.87. The molecule has 0 aromatic rings.